The molecule has 9 nitrogen and oxygen atoms in total. The number of aromatic nitrogens is 2. The lowest BCUT2D eigenvalue weighted by molar-refractivity contribution is 0.222. The summed E-state index contributed by atoms with van der Waals surface area (Å²) in [6, 6.07) is 9.78. The summed E-state index contributed by atoms with van der Waals surface area (Å²) in [5.41, 5.74) is 1.32. The van der Waals surface area contributed by atoms with Gasteiger partial charge in [0.05, 0.1) is 16.8 Å². The van der Waals surface area contributed by atoms with Crippen LogP contribution in [-0.4, -0.2) is 78.1 Å². The topological polar surface area (TPSA) is 108 Å². The van der Waals surface area contributed by atoms with Gasteiger partial charge < -0.3 is 15.3 Å². The number of aromatic hydroxyl groups is 1. The fourth-order valence-electron chi connectivity index (χ4n) is 3.85. The van der Waals surface area contributed by atoms with Crippen LogP contribution in [0.3, 0.4) is 0 Å². The van der Waals surface area contributed by atoms with Crippen molar-refractivity contribution in [3.05, 3.63) is 42.6 Å². The van der Waals surface area contributed by atoms with Crippen LogP contribution >= 0.6 is 0 Å². The van der Waals surface area contributed by atoms with Crippen LogP contribution in [-0.2, 0) is 10.0 Å². The van der Waals surface area contributed by atoms with Gasteiger partial charge in [-0.3, -0.25) is 4.98 Å². The van der Waals surface area contributed by atoms with Gasteiger partial charge in [-0.1, -0.05) is 25.1 Å². The van der Waals surface area contributed by atoms with Crippen molar-refractivity contribution in [2.24, 2.45) is 0 Å². The predicted octanol–water partition coefficient (Wildman–Crippen LogP) is 2.31. The SMILES string of the molecule is CCCNC(=O)n1c(O)c(-c2ccc(S(=O)(=O)N3CCN(C)CC3)cn2)c2ccccc21. The summed E-state index contributed by atoms with van der Waals surface area (Å²) in [5, 5.41) is 14.3. The van der Waals surface area contributed by atoms with Gasteiger partial charge in [-0.25, -0.2) is 17.8 Å². The second-order valence-electron chi connectivity index (χ2n) is 7.87. The van der Waals surface area contributed by atoms with Gasteiger partial charge in [-0.2, -0.15) is 4.31 Å². The lowest BCUT2D eigenvalue weighted by atomic mass is 10.1. The first-order chi connectivity index (χ1) is 15.3. The van der Waals surface area contributed by atoms with E-state index in [4.69, 9.17) is 0 Å². The number of carbonyl (C=O) groups excluding carboxylic acids is 1. The number of amides is 1. The average Bonchev–Trinajstić information content (AvgIpc) is 3.09. The molecule has 0 aliphatic carbocycles. The molecule has 1 aliphatic rings. The molecule has 0 unspecified atom stereocenters. The van der Waals surface area contributed by atoms with Gasteiger partial charge in [0.2, 0.25) is 15.9 Å². The molecule has 1 fully saturated rings. The molecule has 1 aliphatic heterocycles. The zero-order valence-corrected chi connectivity index (χ0v) is 19.0. The van der Waals surface area contributed by atoms with Gasteiger partial charge in [-0.15, -0.1) is 0 Å². The van der Waals surface area contributed by atoms with E-state index in [1.165, 1.54) is 21.1 Å². The van der Waals surface area contributed by atoms with E-state index in [1.807, 2.05) is 20.0 Å². The van der Waals surface area contributed by atoms with Crippen molar-refractivity contribution in [3.63, 3.8) is 0 Å². The van der Waals surface area contributed by atoms with Crippen molar-refractivity contribution in [1.82, 2.24) is 24.1 Å². The Hall–Kier alpha value is -2.95. The van der Waals surface area contributed by atoms with Crippen LogP contribution in [0.4, 0.5) is 4.79 Å². The maximum absolute atomic E-state index is 13.0. The van der Waals surface area contributed by atoms with Gasteiger partial charge >= 0.3 is 6.03 Å². The zero-order valence-electron chi connectivity index (χ0n) is 18.2. The number of nitrogens with one attached hydrogen (secondary N) is 1. The zero-order chi connectivity index (χ0) is 22.9. The third-order valence-corrected chi connectivity index (χ3v) is 7.55. The summed E-state index contributed by atoms with van der Waals surface area (Å²) >= 11 is 0. The highest BCUT2D eigenvalue weighted by atomic mass is 32.2. The molecule has 0 spiro atoms. The third kappa shape index (κ3) is 3.96. The van der Waals surface area contributed by atoms with Crippen LogP contribution in [0, 0.1) is 0 Å². The van der Waals surface area contributed by atoms with Gasteiger partial charge in [0.15, 0.2) is 0 Å². The second-order valence-corrected chi connectivity index (χ2v) is 9.81. The van der Waals surface area contributed by atoms with Crippen molar-refractivity contribution in [3.8, 4) is 17.1 Å². The van der Waals surface area contributed by atoms with Crippen LogP contribution < -0.4 is 5.32 Å². The Morgan fingerprint density at radius 3 is 2.50 bits per heavy atom. The van der Waals surface area contributed by atoms with E-state index >= 15 is 0 Å². The summed E-state index contributed by atoms with van der Waals surface area (Å²) in [6.07, 6.45) is 2.08. The number of benzene rings is 1. The van der Waals surface area contributed by atoms with Gasteiger partial charge in [0, 0.05) is 44.3 Å². The molecule has 1 saturated heterocycles. The quantitative estimate of drug-likeness (QED) is 0.609. The van der Waals surface area contributed by atoms with E-state index < -0.39 is 16.1 Å². The largest absolute Gasteiger partial charge is 0.494 e. The maximum Gasteiger partial charge on any atom is 0.328 e. The molecule has 2 aromatic heterocycles. The molecule has 3 heterocycles. The molecule has 0 bridgehead atoms. The number of hydrogen-bond donors (Lipinski definition) is 2. The monoisotopic (exact) mass is 457 g/mol. The minimum Gasteiger partial charge on any atom is -0.494 e. The Bertz CT molecular complexity index is 1230. The van der Waals surface area contributed by atoms with E-state index in [1.54, 1.807) is 24.3 Å². The highest BCUT2D eigenvalue weighted by Crippen LogP contribution is 2.38. The number of carbonyl (C=O) groups is 1. The Kier molecular flexibility index (Phi) is 6.18. The van der Waals surface area contributed by atoms with E-state index in [2.05, 4.69) is 15.2 Å². The fraction of sp³-hybridized carbons (Fsp3) is 0.364. The maximum atomic E-state index is 13.0. The molecular weight excluding hydrogens is 430 g/mol. The number of likely N-dealkylation sites (N-methyl/N-ethyl adjacent to an activating group) is 1. The first-order valence-corrected chi connectivity index (χ1v) is 12.0. The molecule has 0 radical (unpaired) electrons. The number of sulfonamides is 1. The van der Waals surface area contributed by atoms with Crippen LogP contribution in [0.25, 0.3) is 22.2 Å². The summed E-state index contributed by atoms with van der Waals surface area (Å²) in [7, 11) is -1.68. The van der Waals surface area contributed by atoms with Crippen molar-refractivity contribution >= 4 is 27.0 Å². The summed E-state index contributed by atoms with van der Waals surface area (Å²) in [4.78, 5) is 19.2. The van der Waals surface area contributed by atoms with E-state index in [0.29, 0.717) is 54.9 Å². The molecule has 3 aromatic rings. The fourth-order valence-corrected chi connectivity index (χ4v) is 5.22. The van der Waals surface area contributed by atoms with Gasteiger partial charge in [0.1, 0.15) is 4.90 Å². The highest BCUT2D eigenvalue weighted by Gasteiger charge is 2.28. The van der Waals surface area contributed by atoms with Crippen LogP contribution in [0.1, 0.15) is 13.3 Å². The lowest BCUT2D eigenvalue weighted by Gasteiger charge is -2.31. The van der Waals surface area contributed by atoms with Gasteiger partial charge in [-0.05, 0) is 31.7 Å². The summed E-state index contributed by atoms with van der Waals surface area (Å²) in [5.74, 6) is -0.234. The molecule has 170 valence electrons. The molecule has 4 rings (SSSR count). The Morgan fingerprint density at radius 2 is 1.84 bits per heavy atom. The third-order valence-electron chi connectivity index (χ3n) is 5.67. The summed E-state index contributed by atoms with van der Waals surface area (Å²) in [6.45, 7) is 4.65. The first kappa shape index (κ1) is 22.3. The first-order valence-electron chi connectivity index (χ1n) is 10.6. The lowest BCUT2D eigenvalue weighted by Crippen LogP contribution is -2.47. The van der Waals surface area contributed by atoms with E-state index in [9.17, 15) is 18.3 Å². The Labute approximate surface area is 187 Å². The van der Waals surface area contributed by atoms with Crippen molar-refractivity contribution in [2.45, 2.75) is 18.2 Å². The van der Waals surface area contributed by atoms with Crippen molar-refractivity contribution < 1.29 is 18.3 Å². The molecule has 32 heavy (non-hydrogen) atoms. The molecule has 1 amide bonds. The van der Waals surface area contributed by atoms with Crippen LogP contribution in [0.2, 0.25) is 0 Å². The number of para-hydroxylation sites is 1. The minimum absolute atomic E-state index is 0.106. The minimum atomic E-state index is -3.64. The molecule has 0 atom stereocenters. The van der Waals surface area contributed by atoms with E-state index in [-0.39, 0.29) is 10.8 Å². The number of piperazine rings is 1. The standard InChI is InChI=1S/C22H27N5O4S/c1-3-10-23-22(29)27-19-7-5-4-6-17(19)20(21(27)28)18-9-8-16(15-24-18)32(30,31)26-13-11-25(2)12-14-26/h4-9,15,28H,3,10-14H2,1-2H3,(H,23,29). The Balaban J connectivity index is 1.71. The van der Waals surface area contributed by atoms with Crippen molar-refractivity contribution in [2.75, 3.05) is 39.8 Å². The Morgan fingerprint density at radius 1 is 1.12 bits per heavy atom. The number of nitrogens with zero attached hydrogens (tertiary/aromatic N) is 4. The average molecular weight is 458 g/mol. The molecule has 10 heteroatoms. The summed E-state index contributed by atoms with van der Waals surface area (Å²) < 4.78 is 28.6. The van der Waals surface area contributed by atoms with Crippen LogP contribution in [0.5, 0.6) is 5.88 Å². The highest BCUT2D eigenvalue weighted by molar-refractivity contribution is 7.89. The molecule has 0 saturated carbocycles. The normalized spacial score (nSPS) is 15.8. The molecule has 2 N–H and O–H groups in total. The van der Waals surface area contributed by atoms with Gasteiger partial charge in [0.25, 0.3) is 0 Å². The number of pyridine rings is 1. The number of fused-ring (bicyclic) bond motifs is 1. The smallest absolute Gasteiger partial charge is 0.328 e. The number of rotatable bonds is 5. The molecule has 1 aromatic carbocycles. The second kappa shape index (κ2) is 8.89. The predicted molar refractivity (Wildman–Crippen MR) is 122 cm³/mol. The number of hydrogen-bond acceptors (Lipinski definition) is 6. The van der Waals surface area contributed by atoms with E-state index in [0.717, 1.165) is 6.42 Å². The van der Waals surface area contributed by atoms with Crippen molar-refractivity contribution in [1.29, 1.82) is 0 Å². The molecular formula is C22H27N5O4S. The van der Waals surface area contributed by atoms with Crippen LogP contribution in [0.15, 0.2) is 47.5 Å².